The summed E-state index contributed by atoms with van der Waals surface area (Å²) in [5.41, 5.74) is 3.87. The summed E-state index contributed by atoms with van der Waals surface area (Å²) < 4.78 is 11.2. The fourth-order valence-electron chi connectivity index (χ4n) is 3.50. The minimum absolute atomic E-state index is 0.159. The Hall–Kier alpha value is -3.93. The van der Waals surface area contributed by atoms with Gasteiger partial charge in [0.15, 0.2) is 11.5 Å². The maximum atomic E-state index is 13.1. The molecule has 2 aromatic heterocycles. The summed E-state index contributed by atoms with van der Waals surface area (Å²) in [4.78, 5) is 22.0. The Bertz CT molecular complexity index is 1230. The summed E-state index contributed by atoms with van der Waals surface area (Å²) in [6, 6.07) is 19.0. The van der Waals surface area contributed by atoms with Crippen molar-refractivity contribution in [3.8, 4) is 22.8 Å². The summed E-state index contributed by atoms with van der Waals surface area (Å²) >= 11 is 0. The molecule has 6 nitrogen and oxygen atoms in total. The molecule has 1 amide bonds. The topological polar surface area (TPSA) is 73.3 Å². The maximum Gasteiger partial charge on any atom is 0.252 e. The zero-order valence-corrected chi connectivity index (χ0v) is 16.2. The highest BCUT2D eigenvalue weighted by Crippen LogP contribution is 2.31. The van der Waals surface area contributed by atoms with Gasteiger partial charge < -0.3 is 14.8 Å². The fourth-order valence-corrected chi connectivity index (χ4v) is 3.50. The predicted octanol–water partition coefficient (Wildman–Crippen LogP) is 4.00. The van der Waals surface area contributed by atoms with Gasteiger partial charge in [-0.15, -0.1) is 0 Å². The van der Waals surface area contributed by atoms with Gasteiger partial charge in [-0.2, -0.15) is 0 Å². The largest absolute Gasteiger partial charge is 0.486 e. The molecule has 1 N–H and O–H groups in total. The molecule has 1 aliphatic heterocycles. The second-order valence-corrected chi connectivity index (χ2v) is 6.97. The molecular weight excluding hydrogens is 378 g/mol. The summed E-state index contributed by atoms with van der Waals surface area (Å²) in [5.74, 6) is 1.28. The van der Waals surface area contributed by atoms with Crippen LogP contribution in [0.1, 0.15) is 15.9 Å². The quantitative estimate of drug-likeness (QED) is 0.564. The number of aromatic nitrogens is 2. The van der Waals surface area contributed by atoms with Gasteiger partial charge in [0.1, 0.15) is 13.2 Å². The Balaban J connectivity index is 1.44. The second-order valence-electron chi connectivity index (χ2n) is 6.97. The van der Waals surface area contributed by atoms with Crippen molar-refractivity contribution in [1.82, 2.24) is 15.3 Å². The van der Waals surface area contributed by atoms with Crippen molar-refractivity contribution in [3.05, 3.63) is 84.2 Å². The lowest BCUT2D eigenvalue weighted by molar-refractivity contribution is 0.0952. The smallest absolute Gasteiger partial charge is 0.252 e. The molecule has 0 saturated carbocycles. The van der Waals surface area contributed by atoms with Gasteiger partial charge in [-0.1, -0.05) is 24.3 Å². The summed E-state index contributed by atoms with van der Waals surface area (Å²) in [6.45, 7) is 1.47. The maximum absolute atomic E-state index is 13.1. The van der Waals surface area contributed by atoms with E-state index in [0.717, 1.165) is 27.8 Å². The normalized spacial score (nSPS) is 12.5. The van der Waals surface area contributed by atoms with E-state index in [1.54, 1.807) is 12.4 Å². The van der Waals surface area contributed by atoms with Gasteiger partial charge in [-0.05, 0) is 42.0 Å². The van der Waals surface area contributed by atoms with E-state index in [1.165, 1.54) is 0 Å². The van der Waals surface area contributed by atoms with Gasteiger partial charge in [-0.3, -0.25) is 9.78 Å². The third-order valence-corrected chi connectivity index (χ3v) is 4.98. The highest BCUT2D eigenvalue weighted by Gasteiger charge is 2.15. The molecule has 148 valence electrons. The van der Waals surface area contributed by atoms with E-state index in [1.807, 2.05) is 60.7 Å². The number of para-hydroxylation sites is 1. The summed E-state index contributed by atoms with van der Waals surface area (Å²) in [7, 11) is 0. The van der Waals surface area contributed by atoms with Gasteiger partial charge in [0, 0.05) is 29.9 Å². The molecule has 3 heterocycles. The van der Waals surface area contributed by atoms with Crippen LogP contribution in [0, 0.1) is 0 Å². The van der Waals surface area contributed by atoms with Crippen LogP contribution in [0.4, 0.5) is 0 Å². The molecule has 4 aromatic rings. The number of carbonyl (C=O) groups is 1. The van der Waals surface area contributed by atoms with E-state index >= 15 is 0 Å². The molecular formula is C24H19N3O3. The molecule has 0 radical (unpaired) electrons. The first-order valence-corrected chi connectivity index (χ1v) is 9.75. The number of rotatable bonds is 4. The van der Waals surface area contributed by atoms with Gasteiger partial charge in [0.2, 0.25) is 0 Å². The number of nitrogens with one attached hydrogen (secondary N) is 1. The number of nitrogens with zero attached hydrogens (tertiary/aromatic N) is 2. The number of benzene rings is 2. The summed E-state index contributed by atoms with van der Waals surface area (Å²) in [6.07, 6.45) is 3.46. The molecule has 0 bridgehead atoms. The van der Waals surface area contributed by atoms with Gasteiger partial charge >= 0.3 is 0 Å². The molecule has 0 spiro atoms. The molecule has 6 heteroatoms. The van der Waals surface area contributed by atoms with Crippen molar-refractivity contribution in [3.63, 3.8) is 0 Å². The van der Waals surface area contributed by atoms with Crippen LogP contribution in [0.15, 0.2) is 73.1 Å². The standard InChI is InChI=1S/C24H19N3O3/c28-24(26-14-16-7-8-22-23(12-16)30-11-10-29-22)19-13-21(17-4-3-9-25-15-17)27-20-6-2-1-5-18(19)20/h1-9,12-13,15H,10-11,14H2,(H,26,28). The monoisotopic (exact) mass is 397 g/mol. The van der Waals surface area contributed by atoms with Gasteiger partial charge in [0.05, 0.1) is 16.8 Å². The Morgan fingerprint density at radius 2 is 1.83 bits per heavy atom. The van der Waals surface area contributed by atoms with Crippen molar-refractivity contribution in [2.75, 3.05) is 13.2 Å². The lowest BCUT2D eigenvalue weighted by Crippen LogP contribution is -2.23. The van der Waals surface area contributed by atoms with Crippen molar-refractivity contribution in [1.29, 1.82) is 0 Å². The lowest BCUT2D eigenvalue weighted by atomic mass is 10.0. The van der Waals surface area contributed by atoms with Crippen LogP contribution in [-0.2, 0) is 6.54 Å². The van der Waals surface area contributed by atoms with Crippen LogP contribution in [0.25, 0.3) is 22.2 Å². The predicted molar refractivity (Wildman–Crippen MR) is 114 cm³/mol. The molecule has 2 aromatic carbocycles. The molecule has 1 aliphatic rings. The number of ether oxygens (including phenoxy) is 2. The Labute approximate surface area is 173 Å². The molecule has 0 atom stereocenters. The van der Waals surface area contributed by atoms with Crippen LogP contribution in [0.3, 0.4) is 0 Å². The van der Waals surface area contributed by atoms with Crippen LogP contribution in [0.5, 0.6) is 11.5 Å². The number of amides is 1. The van der Waals surface area contributed by atoms with Crippen LogP contribution in [0.2, 0.25) is 0 Å². The van der Waals surface area contributed by atoms with Crippen molar-refractivity contribution >= 4 is 16.8 Å². The zero-order valence-electron chi connectivity index (χ0n) is 16.2. The zero-order chi connectivity index (χ0) is 20.3. The van der Waals surface area contributed by atoms with Gasteiger partial charge in [0.25, 0.3) is 5.91 Å². The van der Waals surface area contributed by atoms with E-state index in [-0.39, 0.29) is 5.91 Å². The molecule has 0 aliphatic carbocycles. The number of carbonyl (C=O) groups excluding carboxylic acids is 1. The second kappa shape index (κ2) is 7.83. The molecule has 0 unspecified atom stereocenters. The molecule has 0 saturated heterocycles. The van der Waals surface area contributed by atoms with Crippen molar-refractivity contribution in [2.24, 2.45) is 0 Å². The van der Waals surface area contributed by atoms with E-state index in [4.69, 9.17) is 14.5 Å². The number of pyridine rings is 2. The molecule has 5 rings (SSSR count). The van der Waals surface area contributed by atoms with E-state index in [9.17, 15) is 4.79 Å². The molecule has 0 fully saturated rings. The molecule has 30 heavy (non-hydrogen) atoms. The van der Waals surface area contributed by atoms with Gasteiger partial charge in [-0.25, -0.2) is 4.98 Å². The Morgan fingerprint density at radius 1 is 0.967 bits per heavy atom. The highest BCUT2D eigenvalue weighted by molar-refractivity contribution is 6.07. The third kappa shape index (κ3) is 3.55. The Morgan fingerprint density at radius 3 is 2.70 bits per heavy atom. The van der Waals surface area contributed by atoms with E-state index in [0.29, 0.717) is 36.8 Å². The van der Waals surface area contributed by atoms with Crippen LogP contribution in [-0.4, -0.2) is 29.1 Å². The summed E-state index contributed by atoms with van der Waals surface area (Å²) in [5, 5.41) is 3.82. The SMILES string of the molecule is O=C(NCc1ccc2c(c1)OCCO2)c1cc(-c2cccnc2)nc2ccccc12. The number of hydrogen-bond acceptors (Lipinski definition) is 5. The Kier molecular flexibility index (Phi) is 4.73. The first-order chi connectivity index (χ1) is 14.8. The average Bonchev–Trinajstić information content (AvgIpc) is 2.82. The average molecular weight is 397 g/mol. The first kappa shape index (κ1) is 18.1. The van der Waals surface area contributed by atoms with Crippen LogP contribution < -0.4 is 14.8 Å². The first-order valence-electron chi connectivity index (χ1n) is 9.75. The highest BCUT2D eigenvalue weighted by atomic mass is 16.6. The van der Waals surface area contributed by atoms with Crippen molar-refractivity contribution in [2.45, 2.75) is 6.54 Å². The lowest BCUT2D eigenvalue weighted by Gasteiger charge is -2.19. The fraction of sp³-hybridized carbons (Fsp3) is 0.125. The van der Waals surface area contributed by atoms with Crippen LogP contribution >= 0.6 is 0 Å². The minimum atomic E-state index is -0.159. The number of hydrogen-bond donors (Lipinski definition) is 1. The van der Waals surface area contributed by atoms with Crippen molar-refractivity contribution < 1.29 is 14.3 Å². The van der Waals surface area contributed by atoms with E-state index < -0.39 is 0 Å². The van der Waals surface area contributed by atoms with E-state index in [2.05, 4.69) is 10.3 Å². The minimum Gasteiger partial charge on any atom is -0.486 e. The number of fused-ring (bicyclic) bond motifs is 2. The third-order valence-electron chi connectivity index (χ3n) is 4.98.